The summed E-state index contributed by atoms with van der Waals surface area (Å²) >= 11 is 3.68. The summed E-state index contributed by atoms with van der Waals surface area (Å²) in [6.45, 7) is 0. The van der Waals surface area contributed by atoms with E-state index in [0.29, 0.717) is 0 Å². The molecule has 0 nitrogen and oxygen atoms in total. The molecule has 0 spiro atoms. The maximum absolute atomic E-state index is 3.68. The molecular formula is C17H11Br. The van der Waals surface area contributed by atoms with Crippen molar-refractivity contribution in [3.05, 3.63) is 70.2 Å². The lowest BCUT2D eigenvalue weighted by molar-refractivity contribution is 1.18. The Morgan fingerprint density at radius 1 is 0.778 bits per heavy atom. The van der Waals surface area contributed by atoms with Crippen molar-refractivity contribution in [3.63, 3.8) is 0 Å². The van der Waals surface area contributed by atoms with Gasteiger partial charge in [0, 0.05) is 4.47 Å². The Labute approximate surface area is 114 Å². The van der Waals surface area contributed by atoms with Gasteiger partial charge in [-0.1, -0.05) is 64.5 Å². The van der Waals surface area contributed by atoms with Crippen LogP contribution in [0.4, 0.5) is 0 Å². The van der Waals surface area contributed by atoms with E-state index in [-0.39, 0.29) is 0 Å². The van der Waals surface area contributed by atoms with Crippen LogP contribution >= 0.6 is 15.9 Å². The number of halogens is 1. The molecule has 1 heteroatoms. The molecule has 3 aromatic carbocycles. The molecule has 0 unspecified atom stereocenters. The largest absolute Gasteiger partial charge is 0.0613 e. The monoisotopic (exact) mass is 294 g/mol. The lowest BCUT2D eigenvalue weighted by atomic mass is 9.84. The van der Waals surface area contributed by atoms with E-state index in [0.717, 1.165) is 6.42 Å². The predicted molar refractivity (Wildman–Crippen MR) is 79.9 cm³/mol. The van der Waals surface area contributed by atoms with Gasteiger partial charge in [-0.3, -0.25) is 0 Å². The van der Waals surface area contributed by atoms with Crippen LogP contribution in [0.25, 0.3) is 21.9 Å². The van der Waals surface area contributed by atoms with E-state index >= 15 is 0 Å². The fourth-order valence-electron chi connectivity index (χ4n) is 2.97. The van der Waals surface area contributed by atoms with Gasteiger partial charge in [-0.05, 0) is 45.5 Å². The number of benzene rings is 3. The van der Waals surface area contributed by atoms with Crippen LogP contribution in [0.15, 0.2) is 59.1 Å². The summed E-state index contributed by atoms with van der Waals surface area (Å²) < 4.78 is 1.21. The molecule has 18 heavy (non-hydrogen) atoms. The van der Waals surface area contributed by atoms with E-state index in [1.165, 1.54) is 37.5 Å². The van der Waals surface area contributed by atoms with Gasteiger partial charge in [0.05, 0.1) is 0 Å². The molecule has 0 amide bonds. The zero-order valence-corrected chi connectivity index (χ0v) is 11.4. The third-order valence-electron chi connectivity index (χ3n) is 3.77. The first-order valence-corrected chi connectivity index (χ1v) is 6.92. The molecule has 0 saturated heterocycles. The van der Waals surface area contributed by atoms with Crippen molar-refractivity contribution < 1.29 is 0 Å². The van der Waals surface area contributed by atoms with Gasteiger partial charge in [-0.15, -0.1) is 0 Å². The van der Waals surface area contributed by atoms with E-state index in [2.05, 4.69) is 70.5 Å². The van der Waals surface area contributed by atoms with Gasteiger partial charge in [-0.25, -0.2) is 0 Å². The van der Waals surface area contributed by atoms with Crippen LogP contribution in [0.5, 0.6) is 0 Å². The fraction of sp³-hybridized carbons (Fsp3) is 0.0588. The third kappa shape index (κ3) is 1.31. The molecule has 0 heterocycles. The molecule has 0 fully saturated rings. The van der Waals surface area contributed by atoms with E-state index < -0.39 is 0 Å². The third-order valence-corrected chi connectivity index (χ3v) is 4.51. The van der Waals surface area contributed by atoms with Gasteiger partial charge in [0.15, 0.2) is 0 Å². The van der Waals surface area contributed by atoms with Crippen LogP contribution in [-0.4, -0.2) is 0 Å². The Kier molecular flexibility index (Phi) is 2.12. The molecule has 0 saturated carbocycles. The Balaban J connectivity index is 2.21. The molecule has 86 valence electrons. The molecule has 0 atom stereocenters. The van der Waals surface area contributed by atoms with E-state index in [9.17, 15) is 0 Å². The molecular weight excluding hydrogens is 284 g/mol. The molecule has 4 rings (SSSR count). The molecule has 0 bridgehead atoms. The average Bonchev–Trinajstić information content (AvgIpc) is 2.41. The summed E-state index contributed by atoms with van der Waals surface area (Å²) in [5.74, 6) is 0. The van der Waals surface area contributed by atoms with Crippen LogP contribution in [-0.2, 0) is 6.42 Å². The van der Waals surface area contributed by atoms with Crippen molar-refractivity contribution in [3.8, 4) is 11.1 Å². The zero-order valence-electron chi connectivity index (χ0n) is 9.78. The molecule has 0 N–H and O–H groups in total. The van der Waals surface area contributed by atoms with Crippen molar-refractivity contribution in [2.24, 2.45) is 0 Å². The highest BCUT2D eigenvalue weighted by Crippen LogP contribution is 2.41. The molecule has 0 aliphatic heterocycles. The minimum atomic E-state index is 1.02. The van der Waals surface area contributed by atoms with E-state index in [1.54, 1.807) is 0 Å². The van der Waals surface area contributed by atoms with Crippen molar-refractivity contribution >= 4 is 26.7 Å². The van der Waals surface area contributed by atoms with Gasteiger partial charge in [0.25, 0.3) is 0 Å². The van der Waals surface area contributed by atoms with Gasteiger partial charge in [-0.2, -0.15) is 0 Å². The maximum Gasteiger partial charge on any atom is 0.0216 e. The minimum absolute atomic E-state index is 1.02. The van der Waals surface area contributed by atoms with Crippen molar-refractivity contribution in [1.29, 1.82) is 0 Å². The Morgan fingerprint density at radius 2 is 1.50 bits per heavy atom. The molecule has 1 aliphatic rings. The molecule has 1 aliphatic carbocycles. The van der Waals surface area contributed by atoms with Gasteiger partial charge in [0.1, 0.15) is 0 Å². The summed E-state index contributed by atoms with van der Waals surface area (Å²) in [6, 6.07) is 19.7. The van der Waals surface area contributed by atoms with Crippen LogP contribution < -0.4 is 0 Å². The van der Waals surface area contributed by atoms with Crippen LogP contribution in [0, 0.1) is 0 Å². The second-order valence-electron chi connectivity index (χ2n) is 4.76. The molecule has 0 aromatic heterocycles. The van der Waals surface area contributed by atoms with Crippen LogP contribution in [0.2, 0.25) is 0 Å². The highest BCUT2D eigenvalue weighted by molar-refractivity contribution is 9.10. The van der Waals surface area contributed by atoms with Gasteiger partial charge >= 0.3 is 0 Å². The standard InChI is InChI=1S/C17H11Br/c18-16-9-3-7-13-14-8-2-5-11-4-1-6-12(17(11)14)10-15(13)16/h1-9H,10H2. The first-order valence-electron chi connectivity index (χ1n) is 6.13. The molecule has 3 aromatic rings. The Bertz CT molecular complexity index is 766. The zero-order chi connectivity index (χ0) is 12.1. The number of rotatable bonds is 0. The summed E-state index contributed by atoms with van der Waals surface area (Å²) in [7, 11) is 0. The molecule has 0 radical (unpaired) electrons. The summed E-state index contributed by atoms with van der Waals surface area (Å²) in [5, 5.41) is 2.77. The van der Waals surface area contributed by atoms with Crippen molar-refractivity contribution in [1.82, 2.24) is 0 Å². The first kappa shape index (κ1) is 10.3. The summed E-state index contributed by atoms with van der Waals surface area (Å²) in [4.78, 5) is 0. The van der Waals surface area contributed by atoms with Gasteiger partial charge in [0.2, 0.25) is 0 Å². The Morgan fingerprint density at radius 3 is 2.39 bits per heavy atom. The number of fused-ring (bicyclic) bond motifs is 2. The SMILES string of the molecule is Brc1cccc2c1Cc1cccc3cccc-2c13. The fourth-order valence-corrected chi connectivity index (χ4v) is 3.48. The average molecular weight is 295 g/mol. The van der Waals surface area contributed by atoms with Crippen LogP contribution in [0.1, 0.15) is 11.1 Å². The van der Waals surface area contributed by atoms with E-state index in [4.69, 9.17) is 0 Å². The topological polar surface area (TPSA) is 0 Å². The smallest absolute Gasteiger partial charge is 0.0216 e. The summed E-state index contributed by atoms with van der Waals surface area (Å²) in [5.41, 5.74) is 5.57. The lowest BCUT2D eigenvalue weighted by Crippen LogP contribution is -2.01. The first-order chi connectivity index (χ1) is 8.84. The highest BCUT2D eigenvalue weighted by Gasteiger charge is 2.18. The second-order valence-corrected chi connectivity index (χ2v) is 5.62. The normalized spacial score (nSPS) is 12.5. The van der Waals surface area contributed by atoms with Gasteiger partial charge < -0.3 is 0 Å². The second kappa shape index (κ2) is 3.69. The minimum Gasteiger partial charge on any atom is -0.0613 e. The quantitative estimate of drug-likeness (QED) is 0.419. The summed E-state index contributed by atoms with van der Waals surface area (Å²) in [6.07, 6.45) is 1.02. The van der Waals surface area contributed by atoms with Crippen LogP contribution in [0.3, 0.4) is 0 Å². The highest BCUT2D eigenvalue weighted by atomic mass is 79.9. The number of hydrogen-bond acceptors (Lipinski definition) is 0. The van der Waals surface area contributed by atoms with Crippen molar-refractivity contribution in [2.75, 3.05) is 0 Å². The lowest BCUT2D eigenvalue weighted by Gasteiger charge is -2.21. The van der Waals surface area contributed by atoms with Crippen molar-refractivity contribution in [2.45, 2.75) is 6.42 Å². The predicted octanol–water partition coefficient (Wildman–Crippen LogP) is 5.17. The maximum atomic E-state index is 3.68. The number of hydrogen-bond donors (Lipinski definition) is 0. The van der Waals surface area contributed by atoms with E-state index in [1.807, 2.05) is 0 Å². The Hall–Kier alpha value is -1.60.